The average Bonchev–Trinajstić information content (AvgIpc) is 2.28. The SMILES string of the molecule is Cc1nc(C#N)cc(-c2ccccc2Br)n1. The maximum atomic E-state index is 8.85. The van der Waals surface area contributed by atoms with Gasteiger partial charge in [0.2, 0.25) is 0 Å². The second-order valence-electron chi connectivity index (χ2n) is 3.28. The van der Waals surface area contributed by atoms with Crippen LogP contribution in [0.2, 0.25) is 0 Å². The zero-order chi connectivity index (χ0) is 11.5. The molecule has 0 bridgehead atoms. The van der Waals surface area contributed by atoms with Gasteiger partial charge in [0.25, 0.3) is 0 Å². The quantitative estimate of drug-likeness (QED) is 0.802. The van der Waals surface area contributed by atoms with E-state index in [2.05, 4.69) is 25.9 Å². The number of rotatable bonds is 1. The summed E-state index contributed by atoms with van der Waals surface area (Å²) in [6.07, 6.45) is 0. The van der Waals surface area contributed by atoms with Crippen LogP contribution in [0, 0.1) is 18.3 Å². The monoisotopic (exact) mass is 273 g/mol. The molecule has 0 aliphatic carbocycles. The van der Waals surface area contributed by atoms with Crippen molar-refractivity contribution >= 4 is 15.9 Å². The van der Waals surface area contributed by atoms with Crippen LogP contribution in [-0.4, -0.2) is 9.97 Å². The number of hydrogen-bond acceptors (Lipinski definition) is 3. The largest absolute Gasteiger partial charge is 0.233 e. The van der Waals surface area contributed by atoms with Gasteiger partial charge in [-0.2, -0.15) is 5.26 Å². The Labute approximate surface area is 102 Å². The standard InChI is InChI=1S/C12H8BrN3/c1-8-15-9(7-14)6-12(16-8)10-4-2-3-5-11(10)13/h2-6H,1H3. The van der Waals surface area contributed by atoms with Crippen molar-refractivity contribution < 1.29 is 0 Å². The van der Waals surface area contributed by atoms with Crippen molar-refractivity contribution in [2.75, 3.05) is 0 Å². The highest BCUT2D eigenvalue weighted by atomic mass is 79.9. The van der Waals surface area contributed by atoms with Gasteiger partial charge in [0, 0.05) is 16.1 Å². The topological polar surface area (TPSA) is 49.6 Å². The molecule has 0 spiro atoms. The average molecular weight is 274 g/mol. The molecule has 78 valence electrons. The van der Waals surface area contributed by atoms with Gasteiger partial charge in [-0.1, -0.05) is 34.1 Å². The van der Waals surface area contributed by atoms with E-state index in [9.17, 15) is 0 Å². The molecule has 3 nitrogen and oxygen atoms in total. The second kappa shape index (κ2) is 4.42. The van der Waals surface area contributed by atoms with Crippen LogP contribution in [0.4, 0.5) is 0 Å². The van der Waals surface area contributed by atoms with Gasteiger partial charge in [-0.25, -0.2) is 9.97 Å². The molecule has 0 fully saturated rings. The first-order valence-electron chi connectivity index (χ1n) is 4.71. The van der Waals surface area contributed by atoms with Gasteiger partial charge < -0.3 is 0 Å². The summed E-state index contributed by atoms with van der Waals surface area (Å²) in [7, 11) is 0. The van der Waals surface area contributed by atoms with Crippen molar-refractivity contribution in [2.45, 2.75) is 6.92 Å². The van der Waals surface area contributed by atoms with Crippen LogP contribution >= 0.6 is 15.9 Å². The highest BCUT2D eigenvalue weighted by Gasteiger charge is 2.06. The van der Waals surface area contributed by atoms with E-state index in [-0.39, 0.29) is 0 Å². The van der Waals surface area contributed by atoms with E-state index in [1.165, 1.54) is 0 Å². The molecule has 1 heterocycles. The van der Waals surface area contributed by atoms with Crippen LogP contribution in [-0.2, 0) is 0 Å². The minimum atomic E-state index is 0.387. The van der Waals surface area contributed by atoms with E-state index >= 15 is 0 Å². The Morgan fingerprint density at radius 2 is 2.00 bits per heavy atom. The Kier molecular flexibility index (Phi) is 2.97. The van der Waals surface area contributed by atoms with E-state index in [1.807, 2.05) is 30.3 Å². The Balaban J connectivity index is 2.61. The number of halogens is 1. The fourth-order valence-electron chi connectivity index (χ4n) is 1.43. The molecule has 0 aliphatic heterocycles. The molecule has 0 saturated carbocycles. The molecular weight excluding hydrogens is 266 g/mol. The van der Waals surface area contributed by atoms with E-state index in [0.717, 1.165) is 15.7 Å². The zero-order valence-corrected chi connectivity index (χ0v) is 10.2. The summed E-state index contributed by atoms with van der Waals surface area (Å²) in [5, 5.41) is 8.85. The first-order chi connectivity index (χ1) is 7.70. The van der Waals surface area contributed by atoms with Crippen LogP contribution in [0.25, 0.3) is 11.3 Å². The van der Waals surface area contributed by atoms with E-state index < -0.39 is 0 Å². The summed E-state index contributed by atoms with van der Waals surface area (Å²) < 4.78 is 0.956. The highest BCUT2D eigenvalue weighted by Crippen LogP contribution is 2.26. The van der Waals surface area contributed by atoms with Crippen LogP contribution in [0.1, 0.15) is 11.5 Å². The van der Waals surface area contributed by atoms with Gasteiger partial charge in [-0.15, -0.1) is 0 Å². The summed E-state index contributed by atoms with van der Waals surface area (Å²) in [6, 6.07) is 11.5. The number of hydrogen-bond donors (Lipinski definition) is 0. The summed E-state index contributed by atoms with van der Waals surface area (Å²) in [5.41, 5.74) is 2.11. The summed E-state index contributed by atoms with van der Waals surface area (Å²) in [4.78, 5) is 8.34. The van der Waals surface area contributed by atoms with Gasteiger partial charge >= 0.3 is 0 Å². The lowest BCUT2D eigenvalue weighted by atomic mass is 10.1. The smallest absolute Gasteiger partial charge is 0.144 e. The lowest BCUT2D eigenvalue weighted by molar-refractivity contribution is 1.04. The molecule has 2 rings (SSSR count). The molecule has 0 amide bonds. The summed E-state index contributed by atoms with van der Waals surface area (Å²) >= 11 is 3.46. The number of nitriles is 1. The maximum Gasteiger partial charge on any atom is 0.144 e. The molecule has 0 unspecified atom stereocenters. The Bertz CT molecular complexity index is 573. The molecule has 4 heteroatoms. The van der Waals surface area contributed by atoms with Crippen molar-refractivity contribution in [1.29, 1.82) is 5.26 Å². The van der Waals surface area contributed by atoms with Crippen molar-refractivity contribution in [3.63, 3.8) is 0 Å². The van der Waals surface area contributed by atoms with E-state index in [4.69, 9.17) is 5.26 Å². The van der Waals surface area contributed by atoms with E-state index in [1.54, 1.807) is 13.0 Å². The normalized spacial score (nSPS) is 9.81. The third-order valence-corrected chi connectivity index (χ3v) is 2.79. The van der Waals surface area contributed by atoms with Crippen LogP contribution in [0.3, 0.4) is 0 Å². The van der Waals surface area contributed by atoms with Crippen LogP contribution < -0.4 is 0 Å². The second-order valence-corrected chi connectivity index (χ2v) is 4.13. The highest BCUT2D eigenvalue weighted by molar-refractivity contribution is 9.10. The van der Waals surface area contributed by atoms with Gasteiger partial charge in [0.05, 0.1) is 5.69 Å². The first kappa shape index (κ1) is 10.8. The predicted molar refractivity (Wildman–Crippen MR) is 64.6 cm³/mol. The maximum absolute atomic E-state index is 8.85. The first-order valence-corrected chi connectivity index (χ1v) is 5.50. The van der Waals surface area contributed by atoms with Gasteiger partial charge in [-0.3, -0.25) is 0 Å². The molecule has 1 aromatic heterocycles. The minimum Gasteiger partial charge on any atom is -0.233 e. The zero-order valence-electron chi connectivity index (χ0n) is 8.61. The molecule has 0 saturated heterocycles. The van der Waals surface area contributed by atoms with Crippen LogP contribution in [0.15, 0.2) is 34.8 Å². The molecule has 1 aromatic carbocycles. The predicted octanol–water partition coefficient (Wildman–Crippen LogP) is 3.09. The third kappa shape index (κ3) is 2.10. The molecule has 2 aromatic rings. The van der Waals surface area contributed by atoms with Gasteiger partial charge in [0.1, 0.15) is 17.6 Å². The summed E-state index contributed by atoms with van der Waals surface area (Å²) in [5.74, 6) is 0.602. The van der Waals surface area contributed by atoms with Gasteiger partial charge in [-0.05, 0) is 13.0 Å². The number of benzene rings is 1. The van der Waals surface area contributed by atoms with Crippen LogP contribution in [0.5, 0.6) is 0 Å². The lowest BCUT2D eigenvalue weighted by Gasteiger charge is -2.04. The molecule has 16 heavy (non-hydrogen) atoms. The van der Waals surface area contributed by atoms with Crippen molar-refractivity contribution in [3.05, 3.63) is 46.3 Å². The fraction of sp³-hybridized carbons (Fsp3) is 0.0833. The fourth-order valence-corrected chi connectivity index (χ4v) is 1.92. The molecular formula is C12H8BrN3. The number of aryl methyl sites for hydroxylation is 1. The summed E-state index contributed by atoms with van der Waals surface area (Å²) in [6.45, 7) is 1.78. The van der Waals surface area contributed by atoms with Gasteiger partial charge in [0.15, 0.2) is 0 Å². The lowest BCUT2D eigenvalue weighted by Crippen LogP contribution is -1.94. The number of aromatic nitrogens is 2. The third-order valence-electron chi connectivity index (χ3n) is 2.10. The number of nitrogens with zero attached hydrogens (tertiary/aromatic N) is 3. The molecule has 0 aliphatic rings. The van der Waals surface area contributed by atoms with E-state index in [0.29, 0.717) is 11.5 Å². The molecule has 0 N–H and O–H groups in total. The molecule has 0 radical (unpaired) electrons. The van der Waals surface area contributed by atoms with Crippen molar-refractivity contribution in [2.24, 2.45) is 0 Å². The van der Waals surface area contributed by atoms with Crippen molar-refractivity contribution in [1.82, 2.24) is 9.97 Å². The molecule has 0 atom stereocenters. The Hall–Kier alpha value is -1.73. The van der Waals surface area contributed by atoms with Crippen molar-refractivity contribution in [3.8, 4) is 17.3 Å². The minimum absolute atomic E-state index is 0.387. The Morgan fingerprint density at radius 3 is 2.69 bits per heavy atom. The Morgan fingerprint density at radius 1 is 1.25 bits per heavy atom.